The van der Waals surface area contributed by atoms with Gasteiger partial charge in [0.15, 0.2) is 0 Å². The van der Waals surface area contributed by atoms with Crippen molar-refractivity contribution >= 4 is 21.8 Å². The molecule has 0 aliphatic heterocycles. The predicted molar refractivity (Wildman–Crippen MR) is 56.6 cm³/mol. The molecule has 1 rings (SSSR count). The first-order valence-electron chi connectivity index (χ1n) is 4.39. The molecule has 1 aliphatic carbocycles. The summed E-state index contributed by atoms with van der Waals surface area (Å²) in [7, 11) is 0. The number of halogens is 1. The van der Waals surface area contributed by atoms with Gasteiger partial charge in [0.05, 0.1) is 10.5 Å². The highest BCUT2D eigenvalue weighted by molar-refractivity contribution is 9.12. The monoisotopic (exact) mass is 230 g/mol. The fraction of sp³-hybridized carbons (Fsp3) is 0.667. The van der Waals surface area contributed by atoms with E-state index in [1.54, 1.807) is 0 Å². The van der Waals surface area contributed by atoms with Gasteiger partial charge < -0.3 is 5.73 Å². The van der Waals surface area contributed by atoms with Crippen molar-refractivity contribution < 1.29 is 0 Å². The van der Waals surface area contributed by atoms with Crippen LogP contribution in [0, 0.1) is 0 Å². The van der Waals surface area contributed by atoms with Gasteiger partial charge >= 0.3 is 0 Å². The van der Waals surface area contributed by atoms with Crippen molar-refractivity contribution in [3.8, 4) is 0 Å². The Labute approximate surface area is 82.1 Å². The lowest BCUT2D eigenvalue weighted by atomic mass is 10.3. The number of allylic oxidation sites excluding steroid dienone is 1. The van der Waals surface area contributed by atoms with Gasteiger partial charge in [-0.1, -0.05) is 18.9 Å². The molecule has 0 amide bonds. The summed E-state index contributed by atoms with van der Waals surface area (Å²) in [5.41, 5.74) is 5.74. The first kappa shape index (κ1) is 9.78. The van der Waals surface area contributed by atoms with E-state index in [1.807, 2.05) is 13.0 Å². The summed E-state index contributed by atoms with van der Waals surface area (Å²) in [5.74, 6) is 0.643. The van der Waals surface area contributed by atoms with Crippen molar-refractivity contribution in [2.24, 2.45) is 10.7 Å². The average Bonchev–Trinajstić information content (AvgIpc) is 2.55. The molecule has 2 N–H and O–H groups in total. The van der Waals surface area contributed by atoms with Gasteiger partial charge in [0.1, 0.15) is 5.84 Å². The molecular weight excluding hydrogens is 216 g/mol. The van der Waals surface area contributed by atoms with E-state index in [4.69, 9.17) is 5.73 Å². The number of hydrogen-bond donors (Lipinski definition) is 1. The van der Waals surface area contributed by atoms with Gasteiger partial charge in [0, 0.05) is 0 Å². The van der Waals surface area contributed by atoms with E-state index in [0.717, 1.165) is 4.48 Å². The maximum Gasteiger partial charge on any atom is 0.132 e. The van der Waals surface area contributed by atoms with Crippen molar-refractivity contribution in [3.05, 3.63) is 10.6 Å². The fourth-order valence-electron chi connectivity index (χ4n) is 1.44. The van der Waals surface area contributed by atoms with Crippen LogP contribution in [0.4, 0.5) is 0 Å². The molecule has 12 heavy (non-hydrogen) atoms. The summed E-state index contributed by atoms with van der Waals surface area (Å²) >= 11 is 3.35. The molecule has 3 heteroatoms. The van der Waals surface area contributed by atoms with Crippen molar-refractivity contribution in [1.82, 2.24) is 0 Å². The topological polar surface area (TPSA) is 38.4 Å². The molecule has 0 bridgehead atoms. The third kappa shape index (κ3) is 2.63. The summed E-state index contributed by atoms with van der Waals surface area (Å²) in [6.45, 7) is 1.95. The highest BCUT2D eigenvalue weighted by Crippen LogP contribution is 2.21. The maximum absolute atomic E-state index is 5.74. The normalized spacial score (nSPS) is 21.8. The van der Waals surface area contributed by atoms with Crippen LogP contribution < -0.4 is 5.73 Å². The lowest BCUT2D eigenvalue weighted by Crippen LogP contribution is -2.15. The van der Waals surface area contributed by atoms with Crippen molar-refractivity contribution in [2.45, 2.75) is 38.6 Å². The van der Waals surface area contributed by atoms with Crippen LogP contribution in [-0.4, -0.2) is 11.9 Å². The van der Waals surface area contributed by atoms with Crippen LogP contribution in [0.25, 0.3) is 0 Å². The number of amidine groups is 1. The van der Waals surface area contributed by atoms with Crippen LogP contribution in [0.2, 0.25) is 0 Å². The summed E-state index contributed by atoms with van der Waals surface area (Å²) in [6, 6.07) is 0.470. The second-order valence-corrected chi connectivity index (χ2v) is 3.94. The van der Waals surface area contributed by atoms with E-state index >= 15 is 0 Å². The molecule has 0 heterocycles. The molecule has 0 radical (unpaired) electrons. The largest absolute Gasteiger partial charge is 0.383 e. The molecule has 0 atom stereocenters. The Morgan fingerprint density at radius 2 is 2.08 bits per heavy atom. The van der Waals surface area contributed by atoms with Crippen molar-refractivity contribution in [2.75, 3.05) is 0 Å². The van der Waals surface area contributed by atoms with Gasteiger partial charge in [-0.15, -0.1) is 0 Å². The zero-order valence-electron chi connectivity index (χ0n) is 7.39. The van der Waals surface area contributed by atoms with Gasteiger partial charge in [-0.25, -0.2) is 0 Å². The van der Waals surface area contributed by atoms with Gasteiger partial charge in [0.2, 0.25) is 0 Å². The average molecular weight is 231 g/mol. The maximum atomic E-state index is 5.74. The molecule has 0 aromatic rings. The first-order chi connectivity index (χ1) is 5.74. The van der Waals surface area contributed by atoms with Gasteiger partial charge in [-0.3, -0.25) is 4.99 Å². The summed E-state index contributed by atoms with van der Waals surface area (Å²) in [5, 5.41) is 0. The molecule has 0 spiro atoms. The highest BCUT2D eigenvalue weighted by Gasteiger charge is 2.14. The Balaban J connectivity index is 2.54. The molecule has 1 aliphatic rings. The lowest BCUT2D eigenvalue weighted by molar-refractivity contribution is 0.706. The zero-order valence-corrected chi connectivity index (χ0v) is 8.97. The van der Waals surface area contributed by atoms with Gasteiger partial charge in [-0.05, 0) is 35.7 Å². The molecule has 1 saturated carbocycles. The van der Waals surface area contributed by atoms with E-state index in [9.17, 15) is 0 Å². The Bertz CT molecular complexity index is 203. The molecule has 0 saturated heterocycles. The van der Waals surface area contributed by atoms with E-state index in [-0.39, 0.29) is 0 Å². The third-order valence-electron chi connectivity index (χ3n) is 2.14. The van der Waals surface area contributed by atoms with Gasteiger partial charge in [-0.2, -0.15) is 0 Å². The quantitative estimate of drug-likeness (QED) is 0.575. The summed E-state index contributed by atoms with van der Waals surface area (Å²) in [6.07, 6.45) is 6.92. The van der Waals surface area contributed by atoms with Crippen LogP contribution >= 0.6 is 15.9 Å². The van der Waals surface area contributed by atoms with Crippen LogP contribution in [-0.2, 0) is 0 Å². The zero-order chi connectivity index (χ0) is 8.97. The minimum atomic E-state index is 0.470. The summed E-state index contributed by atoms with van der Waals surface area (Å²) < 4.78 is 0.911. The first-order valence-corrected chi connectivity index (χ1v) is 5.18. The molecule has 68 valence electrons. The molecule has 0 aromatic carbocycles. The second-order valence-electron chi connectivity index (χ2n) is 3.09. The minimum absolute atomic E-state index is 0.470. The summed E-state index contributed by atoms with van der Waals surface area (Å²) in [4.78, 5) is 4.43. The molecule has 0 aromatic heterocycles. The lowest BCUT2D eigenvalue weighted by Gasteiger charge is -2.04. The Hall–Kier alpha value is -0.310. The molecule has 2 nitrogen and oxygen atoms in total. The Morgan fingerprint density at radius 3 is 2.58 bits per heavy atom. The predicted octanol–water partition coefficient (Wildman–Crippen LogP) is 2.58. The number of aliphatic imine (C=N–C) groups is 1. The van der Waals surface area contributed by atoms with Gasteiger partial charge in [0.25, 0.3) is 0 Å². The number of rotatable bonds is 2. The van der Waals surface area contributed by atoms with Crippen LogP contribution in [0.15, 0.2) is 15.6 Å². The third-order valence-corrected chi connectivity index (χ3v) is 3.01. The smallest absolute Gasteiger partial charge is 0.132 e. The van der Waals surface area contributed by atoms with E-state index in [2.05, 4.69) is 20.9 Å². The Morgan fingerprint density at radius 1 is 1.50 bits per heavy atom. The van der Waals surface area contributed by atoms with Crippen molar-refractivity contribution in [1.29, 1.82) is 0 Å². The van der Waals surface area contributed by atoms with E-state index < -0.39 is 0 Å². The molecule has 1 fully saturated rings. The van der Waals surface area contributed by atoms with Crippen LogP contribution in [0.3, 0.4) is 0 Å². The highest BCUT2D eigenvalue weighted by atomic mass is 79.9. The van der Waals surface area contributed by atoms with Crippen molar-refractivity contribution in [3.63, 3.8) is 0 Å². The second kappa shape index (κ2) is 4.65. The minimum Gasteiger partial charge on any atom is -0.383 e. The Kier molecular flexibility index (Phi) is 3.79. The SMILES string of the molecule is C/C=C(/Br)C(N)=NC1CCCC1. The number of nitrogens with zero attached hydrogens (tertiary/aromatic N) is 1. The van der Waals surface area contributed by atoms with Crippen LogP contribution in [0.1, 0.15) is 32.6 Å². The van der Waals surface area contributed by atoms with E-state index in [0.29, 0.717) is 11.9 Å². The number of hydrogen-bond acceptors (Lipinski definition) is 1. The molecule has 0 unspecified atom stereocenters. The van der Waals surface area contributed by atoms with Crippen LogP contribution in [0.5, 0.6) is 0 Å². The molecular formula is C9H15BrN2. The standard InChI is InChI=1S/C9H15BrN2/c1-2-8(10)9(11)12-7-5-3-4-6-7/h2,7H,3-6H2,1H3,(H2,11,12)/b8-2+. The van der Waals surface area contributed by atoms with E-state index in [1.165, 1.54) is 25.7 Å². The number of nitrogens with two attached hydrogens (primary N) is 1. The fourth-order valence-corrected chi connectivity index (χ4v) is 1.54.